The van der Waals surface area contributed by atoms with Crippen molar-refractivity contribution in [1.82, 2.24) is 4.98 Å². The minimum Gasteiger partial charge on any atom is -0.385 e. The number of rotatable bonds is 3. The Morgan fingerprint density at radius 2 is 1.63 bits per heavy atom. The molecule has 0 aliphatic carbocycles. The Bertz CT molecular complexity index is 469. The summed E-state index contributed by atoms with van der Waals surface area (Å²) in [5, 5.41) is 4.72. The molecule has 1 heterocycles. The monoisotopic (exact) mass is 262 g/mol. The van der Waals surface area contributed by atoms with E-state index < -0.39 is 0 Å². The van der Waals surface area contributed by atoms with Crippen molar-refractivity contribution < 1.29 is 0 Å². The SMILES string of the molecule is CC.CC.CCNc1cc2[nH]c(C)cc2cc1CC. The molecule has 0 atom stereocenters. The molecule has 0 spiro atoms. The number of benzene rings is 1. The highest BCUT2D eigenvalue weighted by atomic mass is 14.9. The van der Waals surface area contributed by atoms with Gasteiger partial charge in [0, 0.05) is 28.8 Å². The van der Waals surface area contributed by atoms with Gasteiger partial charge in [-0.15, -0.1) is 0 Å². The molecular weight excluding hydrogens is 232 g/mol. The van der Waals surface area contributed by atoms with Gasteiger partial charge in [-0.25, -0.2) is 0 Å². The second-order valence-corrected chi connectivity index (χ2v) is 3.93. The van der Waals surface area contributed by atoms with Gasteiger partial charge in [0.2, 0.25) is 0 Å². The number of aromatic nitrogens is 1. The first-order valence-corrected chi connectivity index (χ1v) is 7.60. The Balaban J connectivity index is 0.000000741. The van der Waals surface area contributed by atoms with E-state index in [1.807, 2.05) is 27.7 Å². The maximum absolute atomic E-state index is 3.41. The van der Waals surface area contributed by atoms with Crippen molar-refractivity contribution in [3.63, 3.8) is 0 Å². The summed E-state index contributed by atoms with van der Waals surface area (Å²) in [6.07, 6.45) is 1.07. The zero-order chi connectivity index (χ0) is 14.8. The van der Waals surface area contributed by atoms with Crippen molar-refractivity contribution >= 4 is 16.6 Å². The molecule has 0 aliphatic heterocycles. The summed E-state index contributed by atoms with van der Waals surface area (Å²) in [6, 6.07) is 6.69. The van der Waals surface area contributed by atoms with Crippen LogP contribution in [-0.2, 0) is 6.42 Å². The fraction of sp³-hybridized carbons (Fsp3) is 0.529. The van der Waals surface area contributed by atoms with Crippen molar-refractivity contribution in [2.45, 2.75) is 54.9 Å². The van der Waals surface area contributed by atoms with Crippen LogP contribution in [0.15, 0.2) is 18.2 Å². The number of nitrogens with one attached hydrogen (secondary N) is 2. The molecule has 2 nitrogen and oxygen atoms in total. The minimum absolute atomic E-state index is 0.970. The van der Waals surface area contributed by atoms with Crippen LogP contribution < -0.4 is 5.32 Å². The number of H-pyrrole nitrogens is 1. The summed E-state index contributed by atoms with van der Waals surface area (Å²) in [6.45, 7) is 15.4. The Morgan fingerprint density at radius 3 is 2.16 bits per heavy atom. The van der Waals surface area contributed by atoms with Crippen LogP contribution in [0.25, 0.3) is 10.9 Å². The molecule has 0 radical (unpaired) electrons. The molecule has 0 saturated carbocycles. The number of hydrogen-bond acceptors (Lipinski definition) is 1. The number of fused-ring (bicyclic) bond motifs is 1. The lowest BCUT2D eigenvalue weighted by Gasteiger charge is -2.09. The average Bonchev–Trinajstić information content (AvgIpc) is 2.82. The second kappa shape index (κ2) is 9.48. The topological polar surface area (TPSA) is 27.8 Å². The Hall–Kier alpha value is -1.44. The van der Waals surface area contributed by atoms with Gasteiger partial charge in [0.05, 0.1) is 0 Å². The van der Waals surface area contributed by atoms with E-state index in [0.29, 0.717) is 0 Å². The fourth-order valence-electron chi connectivity index (χ4n) is 2.02. The average molecular weight is 262 g/mol. The largest absolute Gasteiger partial charge is 0.385 e. The lowest BCUT2D eigenvalue weighted by atomic mass is 10.1. The van der Waals surface area contributed by atoms with Crippen molar-refractivity contribution in [2.24, 2.45) is 0 Å². The molecule has 0 saturated heterocycles. The lowest BCUT2D eigenvalue weighted by molar-refractivity contribution is 1.12. The highest BCUT2D eigenvalue weighted by Crippen LogP contribution is 2.24. The molecule has 2 aromatic rings. The maximum Gasteiger partial charge on any atom is 0.0476 e. The van der Waals surface area contributed by atoms with Crippen LogP contribution in [0.2, 0.25) is 0 Å². The van der Waals surface area contributed by atoms with Gasteiger partial charge in [0.1, 0.15) is 0 Å². The summed E-state index contributed by atoms with van der Waals surface area (Å²) in [5.41, 5.74) is 5.10. The quantitative estimate of drug-likeness (QED) is 0.748. The number of aromatic amines is 1. The molecule has 0 fully saturated rings. The number of aryl methyl sites for hydroxylation is 2. The van der Waals surface area contributed by atoms with Crippen LogP contribution in [0.1, 0.15) is 52.8 Å². The lowest BCUT2D eigenvalue weighted by Crippen LogP contribution is -2.00. The molecule has 19 heavy (non-hydrogen) atoms. The first-order chi connectivity index (χ1) is 9.24. The summed E-state index contributed by atoms with van der Waals surface area (Å²) in [4.78, 5) is 3.37. The first kappa shape index (κ1) is 17.6. The Kier molecular flexibility index (Phi) is 8.77. The molecule has 2 rings (SSSR count). The Labute approximate surface area is 118 Å². The summed E-state index contributed by atoms with van der Waals surface area (Å²) < 4.78 is 0. The van der Waals surface area contributed by atoms with E-state index in [1.54, 1.807) is 0 Å². The van der Waals surface area contributed by atoms with Crippen molar-refractivity contribution in [3.05, 3.63) is 29.5 Å². The van der Waals surface area contributed by atoms with E-state index in [2.05, 4.69) is 49.3 Å². The first-order valence-electron chi connectivity index (χ1n) is 7.60. The molecule has 108 valence electrons. The predicted octanol–water partition coefficient (Wildman–Crippen LogP) is 5.52. The minimum atomic E-state index is 0.970. The van der Waals surface area contributed by atoms with Gasteiger partial charge in [0.15, 0.2) is 0 Å². The molecule has 2 N–H and O–H groups in total. The van der Waals surface area contributed by atoms with Gasteiger partial charge >= 0.3 is 0 Å². The molecule has 1 aromatic carbocycles. The third kappa shape index (κ3) is 4.62. The van der Waals surface area contributed by atoms with Crippen molar-refractivity contribution in [2.75, 3.05) is 11.9 Å². The number of anilines is 1. The maximum atomic E-state index is 3.41. The highest BCUT2D eigenvalue weighted by Gasteiger charge is 2.04. The van der Waals surface area contributed by atoms with E-state index in [0.717, 1.165) is 13.0 Å². The van der Waals surface area contributed by atoms with Crippen LogP contribution in [0.3, 0.4) is 0 Å². The zero-order valence-electron chi connectivity index (χ0n) is 13.6. The molecule has 1 aromatic heterocycles. The predicted molar refractivity (Wildman–Crippen MR) is 89.3 cm³/mol. The third-order valence-electron chi connectivity index (χ3n) is 2.73. The number of hydrogen-bond donors (Lipinski definition) is 2. The summed E-state index contributed by atoms with van der Waals surface area (Å²) in [5.74, 6) is 0. The normalized spacial score (nSPS) is 9.21. The molecule has 0 bridgehead atoms. The zero-order valence-corrected chi connectivity index (χ0v) is 13.6. The van der Waals surface area contributed by atoms with Gasteiger partial charge in [-0.05, 0) is 44.0 Å². The molecular formula is C17H30N2. The van der Waals surface area contributed by atoms with Crippen molar-refractivity contribution in [3.8, 4) is 0 Å². The smallest absolute Gasteiger partial charge is 0.0476 e. The van der Waals surface area contributed by atoms with Gasteiger partial charge in [0.25, 0.3) is 0 Å². The molecule has 0 aliphatic rings. The van der Waals surface area contributed by atoms with Gasteiger partial charge < -0.3 is 10.3 Å². The van der Waals surface area contributed by atoms with Crippen LogP contribution in [0, 0.1) is 6.92 Å². The fourth-order valence-corrected chi connectivity index (χ4v) is 2.02. The molecule has 0 amide bonds. The van der Waals surface area contributed by atoms with Crippen LogP contribution in [0.4, 0.5) is 5.69 Å². The van der Waals surface area contributed by atoms with E-state index in [1.165, 1.54) is 27.8 Å². The van der Waals surface area contributed by atoms with Crippen molar-refractivity contribution in [1.29, 1.82) is 0 Å². The van der Waals surface area contributed by atoms with Gasteiger partial charge in [-0.3, -0.25) is 0 Å². The highest BCUT2D eigenvalue weighted by molar-refractivity contribution is 5.85. The standard InChI is InChI=1S/C13H18N2.2C2H6/c1-4-10-7-11-6-9(3)15-13(11)8-12(10)14-5-2;2*1-2/h6-8,14-15H,4-5H2,1-3H3;2*1-2H3. The van der Waals surface area contributed by atoms with E-state index >= 15 is 0 Å². The Morgan fingerprint density at radius 1 is 1.00 bits per heavy atom. The van der Waals surface area contributed by atoms with Crippen LogP contribution >= 0.6 is 0 Å². The van der Waals surface area contributed by atoms with E-state index in [4.69, 9.17) is 0 Å². The van der Waals surface area contributed by atoms with E-state index in [9.17, 15) is 0 Å². The van der Waals surface area contributed by atoms with Crippen LogP contribution in [-0.4, -0.2) is 11.5 Å². The van der Waals surface area contributed by atoms with E-state index in [-0.39, 0.29) is 0 Å². The second-order valence-electron chi connectivity index (χ2n) is 3.93. The summed E-state index contributed by atoms with van der Waals surface area (Å²) in [7, 11) is 0. The van der Waals surface area contributed by atoms with Gasteiger partial charge in [-0.2, -0.15) is 0 Å². The molecule has 0 unspecified atom stereocenters. The summed E-state index contributed by atoms with van der Waals surface area (Å²) >= 11 is 0. The molecule has 2 heteroatoms. The third-order valence-corrected chi connectivity index (χ3v) is 2.73. The van der Waals surface area contributed by atoms with Crippen LogP contribution in [0.5, 0.6) is 0 Å². The van der Waals surface area contributed by atoms with Gasteiger partial charge in [-0.1, -0.05) is 34.6 Å².